The molecule has 0 aromatic rings. The Balaban J connectivity index is 1.68. The molecule has 0 spiro atoms. The van der Waals surface area contributed by atoms with E-state index in [1.54, 1.807) is 0 Å². The van der Waals surface area contributed by atoms with Crippen LogP contribution in [0.15, 0.2) is 0 Å². The van der Waals surface area contributed by atoms with Crippen molar-refractivity contribution in [1.82, 2.24) is 9.80 Å². The maximum Gasteiger partial charge on any atom is 0.228 e. The van der Waals surface area contributed by atoms with Crippen LogP contribution in [0, 0.1) is 17.8 Å². The van der Waals surface area contributed by atoms with Gasteiger partial charge in [0, 0.05) is 31.6 Å². The molecule has 3 aliphatic rings. The summed E-state index contributed by atoms with van der Waals surface area (Å²) in [5.41, 5.74) is 0. The molecule has 4 heteroatoms. The number of fused-ring (bicyclic) bond motifs is 1. The smallest absolute Gasteiger partial charge is 0.228 e. The first-order valence-corrected chi connectivity index (χ1v) is 9.07. The summed E-state index contributed by atoms with van der Waals surface area (Å²) in [6.45, 7) is 7.93. The minimum atomic E-state index is -0.104. The van der Waals surface area contributed by atoms with Crippen molar-refractivity contribution in [3.63, 3.8) is 0 Å². The Morgan fingerprint density at radius 1 is 1.23 bits per heavy atom. The van der Waals surface area contributed by atoms with E-state index in [9.17, 15) is 9.59 Å². The fourth-order valence-corrected chi connectivity index (χ4v) is 4.80. The summed E-state index contributed by atoms with van der Waals surface area (Å²) in [6, 6.07) is 0.649. The zero-order valence-electron chi connectivity index (χ0n) is 14.3. The van der Waals surface area contributed by atoms with Gasteiger partial charge in [0.15, 0.2) is 0 Å². The summed E-state index contributed by atoms with van der Waals surface area (Å²) >= 11 is 0. The molecular weight excluding hydrogens is 276 g/mol. The second-order valence-corrected chi connectivity index (χ2v) is 7.96. The maximum absolute atomic E-state index is 13.0. The fraction of sp³-hybridized carbons (Fsp3) is 0.889. The van der Waals surface area contributed by atoms with Crippen LogP contribution >= 0.6 is 0 Å². The van der Waals surface area contributed by atoms with E-state index >= 15 is 0 Å². The van der Waals surface area contributed by atoms with Gasteiger partial charge in [-0.15, -0.1) is 0 Å². The Morgan fingerprint density at radius 3 is 2.68 bits per heavy atom. The normalized spacial score (nSPS) is 35.9. The number of hydrogen-bond donors (Lipinski definition) is 0. The molecule has 4 nitrogen and oxygen atoms in total. The van der Waals surface area contributed by atoms with Gasteiger partial charge >= 0.3 is 0 Å². The highest BCUT2D eigenvalue weighted by Gasteiger charge is 2.43. The number of rotatable bonds is 2. The number of likely N-dealkylation sites (tertiary alicyclic amines) is 2. The van der Waals surface area contributed by atoms with Gasteiger partial charge in [-0.25, -0.2) is 0 Å². The SMILES string of the molecule is CC1CCC2C(CCCN2C(=O)C2CC(=O)N(C(C)C)C2)C1. The van der Waals surface area contributed by atoms with Crippen LogP contribution in [0.2, 0.25) is 0 Å². The highest BCUT2D eigenvalue weighted by Crippen LogP contribution is 2.39. The van der Waals surface area contributed by atoms with Gasteiger partial charge in [0.25, 0.3) is 0 Å². The lowest BCUT2D eigenvalue weighted by molar-refractivity contribution is -0.142. The quantitative estimate of drug-likeness (QED) is 0.787. The molecule has 0 bridgehead atoms. The van der Waals surface area contributed by atoms with E-state index < -0.39 is 0 Å². The molecule has 2 saturated heterocycles. The Hall–Kier alpha value is -1.06. The summed E-state index contributed by atoms with van der Waals surface area (Å²) < 4.78 is 0. The average Bonchev–Trinajstić information content (AvgIpc) is 2.87. The number of hydrogen-bond acceptors (Lipinski definition) is 2. The summed E-state index contributed by atoms with van der Waals surface area (Å²) in [5.74, 6) is 1.80. The van der Waals surface area contributed by atoms with Gasteiger partial charge in [-0.05, 0) is 57.8 Å². The van der Waals surface area contributed by atoms with Gasteiger partial charge in [-0.3, -0.25) is 9.59 Å². The molecule has 0 N–H and O–H groups in total. The Bertz CT molecular complexity index is 448. The molecule has 22 heavy (non-hydrogen) atoms. The van der Waals surface area contributed by atoms with Gasteiger partial charge in [-0.1, -0.05) is 6.92 Å². The van der Waals surface area contributed by atoms with Crippen LogP contribution in [0.25, 0.3) is 0 Å². The maximum atomic E-state index is 13.0. The minimum Gasteiger partial charge on any atom is -0.339 e. The van der Waals surface area contributed by atoms with Crippen molar-refractivity contribution < 1.29 is 9.59 Å². The van der Waals surface area contributed by atoms with Crippen molar-refractivity contribution in [2.24, 2.45) is 17.8 Å². The van der Waals surface area contributed by atoms with Crippen molar-refractivity contribution in [1.29, 1.82) is 0 Å². The molecule has 0 aromatic carbocycles. The third kappa shape index (κ3) is 2.89. The molecule has 2 heterocycles. The van der Waals surface area contributed by atoms with E-state index in [1.807, 2.05) is 18.7 Å². The topological polar surface area (TPSA) is 40.6 Å². The molecule has 1 saturated carbocycles. The molecule has 2 aliphatic heterocycles. The molecular formula is C18H30N2O2. The lowest BCUT2D eigenvalue weighted by atomic mass is 9.74. The molecule has 124 valence electrons. The second-order valence-electron chi connectivity index (χ2n) is 7.96. The summed E-state index contributed by atoms with van der Waals surface area (Å²) in [4.78, 5) is 29.1. The Labute approximate surface area is 134 Å². The third-order valence-corrected chi connectivity index (χ3v) is 5.99. The molecule has 0 radical (unpaired) electrons. The van der Waals surface area contributed by atoms with Crippen molar-refractivity contribution in [2.45, 2.75) is 71.4 Å². The van der Waals surface area contributed by atoms with E-state index in [2.05, 4.69) is 11.8 Å². The predicted octanol–water partition coefficient (Wildman–Crippen LogP) is 2.67. The van der Waals surface area contributed by atoms with Gasteiger partial charge in [-0.2, -0.15) is 0 Å². The average molecular weight is 306 g/mol. The molecule has 0 aromatic heterocycles. The van der Waals surface area contributed by atoms with Crippen LogP contribution in [-0.2, 0) is 9.59 Å². The monoisotopic (exact) mass is 306 g/mol. The van der Waals surface area contributed by atoms with E-state index in [0.29, 0.717) is 24.9 Å². The van der Waals surface area contributed by atoms with Crippen LogP contribution in [0.3, 0.4) is 0 Å². The first-order valence-electron chi connectivity index (χ1n) is 9.07. The minimum absolute atomic E-state index is 0.104. The largest absolute Gasteiger partial charge is 0.339 e. The predicted molar refractivity (Wildman–Crippen MR) is 86.2 cm³/mol. The van der Waals surface area contributed by atoms with Crippen LogP contribution in [-0.4, -0.2) is 46.8 Å². The first kappa shape index (κ1) is 15.8. The summed E-state index contributed by atoms with van der Waals surface area (Å²) in [7, 11) is 0. The fourth-order valence-electron chi connectivity index (χ4n) is 4.80. The van der Waals surface area contributed by atoms with E-state index in [0.717, 1.165) is 25.3 Å². The molecule has 1 aliphatic carbocycles. The van der Waals surface area contributed by atoms with Crippen molar-refractivity contribution >= 4 is 11.8 Å². The summed E-state index contributed by atoms with van der Waals surface area (Å²) in [6.07, 6.45) is 6.50. The van der Waals surface area contributed by atoms with E-state index in [1.165, 1.54) is 19.3 Å². The molecule has 4 unspecified atom stereocenters. The van der Waals surface area contributed by atoms with E-state index in [-0.39, 0.29) is 23.8 Å². The zero-order chi connectivity index (χ0) is 15.9. The third-order valence-electron chi connectivity index (χ3n) is 5.99. The molecule has 2 amide bonds. The van der Waals surface area contributed by atoms with Gasteiger partial charge in [0.1, 0.15) is 0 Å². The molecule has 4 atom stereocenters. The second kappa shape index (κ2) is 6.21. The van der Waals surface area contributed by atoms with Gasteiger partial charge in [0.05, 0.1) is 5.92 Å². The lowest BCUT2D eigenvalue weighted by Gasteiger charge is -2.46. The first-order chi connectivity index (χ1) is 10.5. The van der Waals surface area contributed by atoms with Crippen molar-refractivity contribution in [3.8, 4) is 0 Å². The van der Waals surface area contributed by atoms with Crippen LogP contribution < -0.4 is 0 Å². The lowest BCUT2D eigenvalue weighted by Crippen LogP contribution is -2.52. The van der Waals surface area contributed by atoms with Gasteiger partial charge < -0.3 is 9.80 Å². The molecule has 3 fully saturated rings. The van der Waals surface area contributed by atoms with Crippen molar-refractivity contribution in [3.05, 3.63) is 0 Å². The summed E-state index contributed by atoms with van der Waals surface area (Å²) in [5, 5.41) is 0. The van der Waals surface area contributed by atoms with Crippen LogP contribution in [0.5, 0.6) is 0 Å². The number of carbonyl (C=O) groups excluding carboxylic acids is 2. The number of carbonyl (C=O) groups is 2. The Kier molecular flexibility index (Phi) is 4.47. The van der Waals surface area contributed by atoms with Gasteiger partial charge in [0.2, 0.25) is 11.8 Å². The van der Waals surface area contributed by atoms with E-state index in [4.69, 9.17) is 0 Å². The van der Waals surface area contributed by atoms with Crippen LogP contribution in [0.1, 0.15) is 59.3 Å². The standard InChI is InChI=1S/C18H30N2O2/c1-12(2)20-11-15(10-17(20)21)18(22)19-8-4-5-14-9-13(3)6-7-16(14)19/h12-16H,4-11H2,1-3H3. The highest BCUT2D eigenvalue weighted by molar-refractivity contribution is 5.89. The number of piperidine rings is 1. The number of nitrogens with zero attached hydrogens (tertiary/aromatic N) is 2. The molecule has 3 rings (SSSR count). The zero-order valence-corrected chi connectivity index (χ0v) is 14.3. The van der Waals surface area contributed by atoms with Crippen LogP contribution in [0.4, 0.5) is 0 Å². The highest BCUT2D eigenvalue weighted by atomic mass is 16.2. The number of amides is 2. The Morgan fingerprint density at radius 2 is 2.00 bits per heavy atom. The van der Waals surface area contributed by atoms with Crippen molar-refractivity contribution in [2.75, 3.05) is 13.1 Å².